The molecule has 0 fully saturated rings. The molecule has 0 aliphatic heterocycles. The molecule has 0 amide bonds. The third-order valence-corrected chi connectivity index (χ3v) is 3.05. The number of anilines is 1. The van der Waals surface area contributed by atoms with Crippen molar-refractivity contribution < 1.29 is 17.6 Å². The van der Waals surface area contributed by atoms with Gasteiger partial charge in [-0.1, -0.05) is 24.3 Å². The monoisotopic (exact) mass is 298 g/mol. The molecule has 2 nitrogen and oxygen atoms in total. The standard InChI is InChI=1S/C15H14F4N2/c1-10-13(16)8-7-11(14(10)15(17,18)19)9-20-21-12-5-3-2-4-6-12/h2-8,20-21H,9H2,1H3. The Bertz CT molecular complexity index is 609. The summed E-state index contributed by atoms with van der Waals surface area (Å²) in [4.78, 5) is 0. The molecule has 2 N–H and O–H groups in total. The zero-order chi connectivity index (χ0) is 15.5. The molecule has 0 saturated carbocycles. The number of halogens is 4. The Morgan fingerprint density at radius 1 is 1.00 bits per heavy atom. The lowest BCUT2D eigenvalue weighted by atomic mass is 10.0. The average Bonchev–Trinajstić information content (AvgIpc) is 2.42. The predicted octanol–water partition coefficient (Wildman–Crippen LogP) is 4.27. The Hall–Kier alpha value is -2.08. The number of hydrazine groups is 1. The Morgan fingerprint density at radius 2 is 1.67 bits per heavy atom. The van der Waals surface area contributed by atoms with E-state index in [-0.39, 0.29) is 17.7 Å². The molecule has 112 valence electrons. The highest BCUT2D eigenvalue weighted by Crippen LogP contribution is 2.35. The molecule has 2 aromatic carbocycles. The summed E-state index contributed by atoms with van der Waals surface area (Å²) in [5, 5.41) is 0. The van der Waals surface area contributed by atoms with Crippen molar-refractivity contribution >= 4 is 5.69 Å². The summed E-state index contributed by atoms with van der Waals surface area (Å²) in [6.45, 7) is 1.05. The quantitative estimate of drug-likeness (QED) is 0.650. The Morgan fingerprint density at radius 3 is 2.29 bits per heavy atom. The first-order chi connectivity index (χ1) is 9.89. The first kappa shape index (κ1) is 15.3. The van der Waals surface area contributed by atoms with Crippen molar-refractivity contribution in [1.29, 1.82) is 0 Å². The summed E-state index contributed by atoms with van der Waals surface area (Å²) in [5.74, 6) is -0.859. The van der Waals surface area contributed by atoms with Crippen LogP contribution in [0.3, 0.4) is 0 Å². The van der Waals surface area contributed by atoms with Gasteiger partial charge in [-0.3, -0.25) is 0 Å². The van der Waals surface area contributed by atoms with Crippen LogP contribution in [-0.4, -0.2) is 0 Å². The second kappa shape index (κ2) is 6.13. The third kappa shape index (κ3) is 3.72. The van der Waals surface area contributed by atoms with Crippen LogP contribution in [-0.2, 0) is 12.7 Å². The first-order valence-electron chi connectivity index (χ1n) is 6.28. The minimum Gasteiger partial charge on any atom is -0.321 e. The van der Waals surface area contributed by atoms with E-state index in [0.717, 1.165) is 24.7 Å². The highest BCUT2D eigenvalue weighted by Gasteiger charge is 2.36. The van der Waals surface area contributed by atoms with Gasteiger partial charge in [0.15, 0.2) is 0 Å². The summed E-state index contributed by atoms with van der Waals surface area (Å²) in [7, 11) is 0. The van der Waals surface area contributed by atoms with E-state index in [2.05, 4.69) is 10.9 Å². The van der Waals surface area contributed by atoms with Crippen molar-refractivity contribution in [3.8, 4) is 0 Å². The molecular weight excluding hydrogens is 284 g/mol. The molecule has 21 heavy (non-hydrogen) atoms. The van der Waals surface area contributed by atoms with Gasteiger partial charge in [-0.15, -0.1) is 0 Å². The molecule has 0 aliphatic rings. The molecule has 0 bridgehead atoms. The van der Waals surface area contributed by atoms with Gasteiger partial charge in [-0.2, -0.15) is 13.2 Å². The maximum Gasteiger partial charge on any atom is 0.417 e. The minimum absolute atomic E-state index is 0.00942. The van der Waals surface area contributed by atoms with E-state index in [9.17, 15) is 17.6 Å². The maximum atomic E-state index is 13.3. The van der Waals surface area contributed by atoms with Crippen molar-refractivity contribution in [2.24, 2.45) is 0 Å². The van der Waals surface area contributed by atoms with Gasteiger partial charge in [0, 0.05) is 12.2 Å². The van der Waals surface area contributed by atoms with Crippen LogP contribution in [0, 0.1) is 12.7 Å². The molecule has 0 heterocycles. The molecule has 0 saturated heterocycles. The SMILES string of the molecule is Cc1c(F)ccc(CNNc2ccccc2)c1C(F)(F)F. The number of hydrogen-bond acceptors (Lipinski definition) is 2. The fourth-order valence-corrected chi connectivity index (χ4v) is 2.05. The lowest BCUT2D eigenvalue weighted by Crippen LogP contribution is -2.23. The largest absolute Gasteiger partial charge is 0.417 e. The van der Waals surface area contributed by atoms with Crippen LogP contribution in [0.4, 0.5) is 23.2 Å². The van der Waals surface area contributed by atoms with Gasteiger partial charge in [0.2, 0.25) is 0 Å². The summed E-state index contributed by atoms with van der Waals surface area (Å²) in [5.41, 5.74) is 4.90. The Labute approximate surface area is 119 Å². The summed E-state index contributed by atoms with van der Waals surface area (Å²) in [6, 6.07) is 11.2. The van der Waals surface area contributed by atoms with Crippen LogP contribution in [0.25, 0.3) is 0 Å². The van der Waals surface area contributed by atoms with Crippen LogP contribution in [0.1, 0.15) is 16.7 Å². The van der Waals surface area contributed by atoms with E-state index >= 15 is 0 Å². The predicted molar refractivity (Wildman–Crippen MR) is 73.0 cm³/mol. The van der Waals surface area contributed by atoms with E-state index in [1.54, 1.807) is 24.3 Å². The van der Waals surface area contributed by atoms with Crippen molar-refractivity contribution in [3.05, 3.63) is 65.0 Å². The topological polar surface area (TPSA) is 24.1 Å². The van der Waals surface area contributed by atoms with Gasteiger partial charge in [0.25, 0.3) is 0 Å². The van der Waals surface area contributed by atoms with Crippen molar-refractivity contribution in [2.75, 3.05) is 5.43 Å². The number of rotatable bonds is 4. The van der Waals surface area contributed by atoms with Crippen molar-refractivity contribution in [2.45, 2.75) is 19.6 Å². The fraction of sp³-hybridized carbons (Fsp3) is 0.200. The van der Waals surface area contributed by atoms with Crippen LogP contribution >= 0.6 is 0 Å². The Balaban J connectivity index is 2.15. The fourth-order valence-electron chi connectivity index (χ4n) is 2.05. The summed E-state index contributed by atoms with van der Waals surface area (Å²) >= 11 is 0. The second-order valence-electron chi connectivity index (χ2n) is 4.55. The number of nitrogens with one attached hydrogen (secondary N) is 2. The third-order valence-electron chi connectivity index (χ3n) is 3.05. The first-order valence-corrected chi connectivity index (χ1v) is 6.28. The van der Waals surface area contributed by atoms with Crippen molar-refractivity contribution in [1.82, 2.24) is 5.43 Å². The average molecular weight is 298 g/mol. The molecular formula is C15H14F4N2. The van der Waals surface area contributed by atoms with Crippen molar-refractivity contribution in [3.63, 3.8) is 0 Å². The maximum absolute atomic E-state index is 13.3. The van der Waals surface area contributed by atoms with Gasteiger partial charge < -0.3 is 5.43 Å². The lowest BCUT2D eigenvalue weighted by Gasteiger charge is -2.17. The van der Waals surface area contributed by atoms with E-state index in [0.29, 0.717) is 0 Å². The van der Waals surface area contributed by atoms with Crippen LogP contribution in [0.5, 0.6) is 0 Å². The van der Waals surface area contributed by atoms with Gasteiger partial charge in [-0.05, 0) is 36.2 Å². The number of para-hydroxylation sites is 1. The summed E-state index contributed by atoms with van der Waals surface area (Å²) < 4.78 is 52.4. The molecule has 0 unspecified atom stereocenters. The second-order valence-corrected chi connectivity index (χ2v) is 4.55. The van der Waals surface area contributed by atoms with Crippen LogP contribution in [0.15, 0.2) is 42.5 Å². The van der Waals surface area contributed by atoms with E-state index in [1.165, 1.54) is 0 Å². The smallest absolute Gasteiger partial charge is 0.321 e. The van der Waals surface area contributed by atoms with Gasteiger partial charge in [-0.25, -0.2) is 9.82 Å². The molecule has 0 aromatic heterocycles. The molecule has 0 aliphatic carbocycles. The van der Waals surface area contributed by atoms with Gasteiger partial charge in [0.1, 0.15) is 5.82 Å². The van der Waals surface area contributed by atoms with E-state index < -0.39 is 17.6 Å². The minimum atomic E-state index is -4.59. The van der Waals surface area contributed by atoms with Gasteiger partial charge >= 0.3 is 6.18 Å². The molecule has 2 aromatic rings. The van der Waals surface area contributed by atoms with Crippen LogP contribution in [0.2, 0.25) is 0 Å². The molecule has 0 spiro atoms. The number of alkyl halides is 3. The number of hydrogen-bond donors (Lipinski definition) is 2. The van der Waals surface area contributed by atoms with E-state index in [1.807, 2.05) is 6.07 Å². The highest BCUT2D eigenvalue weighted by molar-refractivity contribution is 5.42. The molecule has 0 radical (unpaired) electrons. The zero-order valence-electron chi connectivity index (χ0n) is 11.3. The highest BCUT2D eigenvalue weighted by atomic mass is 19.4. The normalized spacial score (nSPS) is 11.5. The van der Waals surface area contributed by atoms with E-state index in [4.69, 9.17) is 0 Å². The molecule has 2 rings (SSSR count). The summed E-state index contributed by atoms with van der Waals surface area (Å²) in [6.07, 6.45) is -4.59. The lowest BCUT2D eigenvalue weighted by molar-refractivity contribution is -0.138. The molecule has 6 heteroatoms. The van der Waals surface area contributed by atoms with Gasteiger partial charge in [0.05, 0.1) is 5.56 Å². The number of benzene rings is 2. The Kier molecular flexibility index (Phi) is 4.47. The zero-order valence-corrected chi connectivity index (χ0v) is 11.3. The molecule has 0 atom stereocenters. The van der Waals surface area contributed by atoms with Crippen LogP contribution < -0.4 is 10.9 Å².